The predicted octanol–water partition coefficient (Wildman–Crippen LogP) is 4.46. The quantitative estimate of drug-likeness (QED) is 0.704. The molecule has 2 heterocycles. The number of hydrogen-bond acceptors (Lipinski definition) is 4. The van der Waals surface area contributed by atoms with E-state index in [1.54, 1.807) is 17.0 Å². The van der Waals surface area contributed by atoms with E-state index >= 15 is 0 Å². The fraction of sp³-hybridized carbons (Fsp3) is 0.550. The van der Waals surface area contributed by atoms with Crippen LogP contribution in [0, 0.1) is 0 Å². The highest BCUT2D eigenvalue weighted by Gasteiger charge is 2.39. The predicted molar refractivity (Wildman–Crippen MR) is 96.0 cm³/mol. The summed E-state index contributed by atoms with van der Waals surface area (Å²) in [4.78, 5) is 14.3. The van der Waals surface area contributed by atoms with Gasteiger partial charge in [-0.2, -0.15) is 0 Å². The Balaban J connectivity index is 1.68. The Bertz CT molecular complexity index is 737. The zero-order chi connectivity index (χ0) is 20.5. The van der Waals surface area contributed by atoms with E-state index in [-0.39, 0.29) is 23.9 Å². The molecule has 5 nitrogen and oxygen atoms in total. The van der Waals surface area contributed by atoms with Crippen LogP contribution in [0.15, 0.2) is 35.9 Å². The van der Waals surface area contributed by atoms with Crippen LogP contribution in [0.2, 0.25) is 0 Å². The number of nitrogens with zero attached hydrogens (tertiary/aromatic N) is 1. The monoisotopic (exact) mass is 399 g/mol. The van der Waals surface area contributed by atoms with Gasteiger partial charge in [-0.05, 0) is 51.3 Å². The van der Waals surface area contributed by atoms with Gasteiger partial charge >= 0.3 is 12.5 Å². The van der Waals surface area contributed by atoms with Gasteiger partial charge in [-0.15, -0.1) is 13.2 Å². The molecule has 8 heteroatoms. The van der Waals surface area contributed by atoms with Crippen molar-refractivity contribution in [1.82, 2.24) is 4.90 Å². The van der Waals surface area contributed by atoms with Crippen molar-refractivity contribution in [2.75, 3.05) is 13.2 Å². The van der Waals surface area contributed by atoms with E-state index in [1.165, 1.54) is 12.1 Å². The normalized spacial score (nSPS) is 22.5. The van der Waals surface area contributed by atoms with Crippen LogP contribution < -0.4 is 4.74 Å². The summed E-state index contributed by atoms with van der Waals surface area (Å²) >= 11 is 0. The Kier molecular flexibility index (Phi) is 5.61. The van der Waals surface area contributed by atoms with Gasteiger partial charge in [0, 0.05) is 0 Å². The van der Waals surface area contributed by atoms with Gasteiger partial charge in [-0.1, -0.05) is 23.8 Å². The second-order valence-corrected chi connectivity index (χ2v) is 8.04. The highest BCUT2D eigenvalue weighted by molar-refractivity contribution is 5.70. The molecule has 0 aromatic heterocycles. The molecule has 0 spiro atoms. The minimum absolute atomic E-state index is 0.110. The molecule has 1 saturated heterocycles. The maximum Gasteiger partial charge on any atom is 0.573 e. The van der Waals surface area contributed by atoms with E-state index in [9.17, 15) is 18.0 Å². The highest BCUT2D eigenvalue weighted by atomic mass is 19.4. The number of benzene rings is 1. The second kappa shape index (κ2) is 7.66. The Labute approximate surface area is 162 Å². The van der Waals surface area contributed by atoms with Gasteiger partial charge in [0.1, 0.15) is 11.4 Å². The highest BCUT2D eigenvalue weighted by Crippen LogP contribution is 2.31. The summed E-state index contributed by atoms with van der Waals surface area (Å²) < 4.78 is 51.8. The van der Waals surface area contributed by atoms with Crippen LogP contribution >= 0.6 is 0 Å². The first-order chi connectivity index (χ1) is 13.0. The minimum atomic E-state index is -4.70. The fourth-order valence-electron chi connectivity index (χ4n) is 3.49. The van der Waals surface area contributed by atoms with E-state index < -0.39 is 12.0 Å². The van der Waals surface area contributed by atoms with E-state index in [0.717, 1.165) is 11.1 Å². The van der Waals surface area contributed by atoms with Crippen molar-refractivity contribution in [1.29, 1.82) is 0 Å². The molecule has 1 aromatic carbocycles. The lowest BCUT2D eigenvalue weighted by Gasteiger charge is -2.44. The third-order valence-corrected chi connectivity index (χ3v) is 4.47. The zero-order valence-electron chi connectivity index (χ0n) is 16.1. The molecule has 2 aliphatic rings. The molecule has 2 atom stereocenters. The second-order valence-electron chi connectivity index (χ2n) is 8.04. The molecule has 3 rings (SSSR count). The Morgan fingerprint density at radius 3 is 2.43 bits per heavy atom. The van der Waals surface area contributed by atoms with Crippen molar-refractivity contribution in [2.45, 2.75) is 57.7 Å². The molecule has 2 bridgehead atoms. The third kappa shape index (κ3) is 5.41. The van der Waals surface area contributed by atoms with E-state index in [2.05, 4.69) is 4.74 Å². The van der Waals surface area contributed by atoms with Crippen molar-refractivity contribution in [3.63, 3.8) is 0 Å². The number of hydrogen-bond donors (Lipinski definition) is 0. The summed E-state index contributed by atoms with van der Waals surface area (Å²) in [5.41, 5.74) is 1.43. The van der Waals surface area contributed by atoms with Crippen molar-refractivity contribution < 1.29 is 32.2 Å². The van der Waals surface area contributed by atoms with Crippen molar-refractivity contribution in [2.24, 2.45) is 0 Å². The van der Waals surface area contributed by atoms with Crippen LogP contribution in [0.1, 0.15) is 32.8 Å². The molecule has 0 aliphatic carbocycles. The van der Waals surface area contributed by atoms with Gasteiger partial charge in [-0.25, -0.2) is 4.79 Å². The van der Waals surface area contributed by atoms with Gasteiger partial charge in [0.25, 0.3) is 0 Å². The Morgan fingerprint density at radius 2 is 1.86 bits per heavy atom. The van der Waals surface area contributed by atoms with Crippen LogP contribution in [0.25, 0.3) is 0 Å². The molecule has 1 fully saturated rings. The summed E-state index contributed by atoms with van der Waals surface area (Å²) in [5, 5.41) is 0. The minimum Gasteiger partial charge on any atom is -0.444 e. The number of alkyl halides is 3. The number of rotatable bonds is 3. The summed E-state index contributed by atoms with van der Waals surface area (Å²) in [7, 11) is 0. The SMILES string of the molecule is CC(C)(C)OC(=O)N1C2C=C(Cc3ccc(OC(F)(F)F)cc3)CC1COC2. The lowest BCUT2D eigenvalue weighted by Crippen LogP contribution is -2.57. The van der Waals surface area contributed by atoms with Crippen molar-refractivity contribution >= 4 is 6.09 Å². The van der Waals surface area contributed by atoms with Crippen molar-refractivity contribution in [3.8, 4) is 5.75 Å². The number of carbonyl (C=O) groups is 1. The number of amides is 1. The first-order valence-electron chi connectivity index (χ1n) is 9.13. The average molecular weight is 399 g/mol. The lowest BCUT2D eigenvalue weighted by atomic mass is 9.90. The number of carbonyl (C=O) groups excluding carboxylic acids is 1. The van der Waals surface area contributed by atoms with Gasteiger partial charge < -0.3 is 14.2 Å². The van der Waals surface area contributed by atoms with Gasteiger partial charge in [0.15, 0.2) is 0 Å². The molecule has 0 saturated carbocycles. The van der Waals surface area contributed by atoms with Gasteiger partial charge in [0.05, 0.1) is 25.3 Å². The third-order valence-electron chi connectivity index (χ3n) is 4.47. The molecule has 0 radical (unpaired) electrons. The van der Waals surface area contributed by atoms with Crippen LogP contribution in [-0.2, 0) is 15.9 Å². The molecule has 0 N–H and O–H groups in total. The van der Waals surface area contributed by atoms with Crippen LogP contribution in [-0.4, -0.2) is 48.3 Å². The molecule has 2 aliphatic heterocycles. The van der Waals surface area contributed by atoms with Crippen LogP contribution in [0.5, 0.6) is 5.75 Å². The molecule has 154 valence electrons. The Hall–Kier alpha value is -2.22. The first-order valence-corrected chi connectivity index (χ1v) is 9.13. The van der Waals surface area contributed by atoms with E-state index in [4.69, 9.17) is 9.47 Å². The molecular weight excluding hydrogens is 375 g/mol. The number of ether oxygens (including phenoxy) is 3. The fourth-order valence-corrected chi connectivity index (χ4v) is 3.49. The molecule has 2 unspecified atom stereocenters. The van der Waals surface area contributed by atoms with Crippen LogP contribution in [0.3, 0.4) is 0 Å². The number of halogens is 3. The summed E-state index contributed by atoms with van der Waals surface area (Å²) in [6.07, 6.45) is -1.82. The zero-order valence-corrected chi connectivity index (χ0v) is 16.1. The molecule has 1 aromatic rings. The van der Waals surface area contributed by atoms with Gasteiger partial charge in [0.2, 0.25) is 0 Å². The summed E-state index contributed by atoms with van der Waals surface area (Å²) in [6, 6.07) is 5.54. The summed E-state index contributed by atoms with van der Waals surface area (Å²) in [6.45, 7) is 6.32. The van der Waals surface area contributed by atoms with E-state index in [1.807, 2.05) is 26.8 Å². The van der Waals surface area contributed by atoms with Gasteiger partial charge in [-0.3, -0.25) is 4.90 Å². The maximum absolute atomic E-state index is 12.6. The summed E-state index contributed by atoms with van der Waals surface area (Å²) in [5.74, 6) is -0.241. The Morgan fingerprint density at radius 1 is 1.18 bits per heavy atom. The smallest absolute Gasteiger partial charge is 0.444 e. The van der Waals surface area contributed by atoms with Crippen molar-refractivity contribution in [3.05, 3.63) is 41.5 Å². The molecular formula is C20H24F3NO4. The maximum atomic E-state index is 12.6. The van der Waals surface area contributed by atoms with E-state index in [0.29, 0.717) is 26.1 Å². The molecule has 1 amide bonds. The standard InChI is InChI=1S/C20H24F3NO4/c1-19(2,3)28-18(25)24-15-9-14(10-16(24)12-26-11-15)8-13-4-6-17(7-5-13)27-20(21,22)23/h4-7,9,15-16H,8,10-12H2,1-3H3. The molecule has 28 heavy (non-hydrogen) atoms. The average Bonchev–Trinajstić information content (AvgIpc) is 2.53. The number of fused-ring (bicyclic) bond motifs is 2. The lowest BCUT2D eigenvalue weighted by molar-refractivity contribution is -0.274. The topological polar surface area (TPSA) is 48.0 Å². The number of morpholine rings is 1. The largest absolute Gasteiger partial charge is 0.573 e. The van der Waals surface area contributed by atoms with Crippen LogP contribution in [0.4, 0.5) is 18.0 Å². The first kappa shape index (κ1) is 20.5.